The zero-order valence-electron chi connectivity index (χ0n) is 14.2. The van der Waals surface area contributed by atoms with Crippen molar-refractivity contribution in [3.8, 4) is 0 Å². The van der Waals surface area contributed by atoms with Crippen molar-refractivity contribution in [2.24, 2.45) is 0 Å². The van der Waals surface area contributed by atoms with Crippen LogP contribution in [0.25, 0.3) is 0 Å². The number of aromatic nitrogens is 3. The Kier molecular flexibility index (Phi) is 5.77. The molecule has 132 valence electrons. The summed E-state index contributed by atoms with van der Waals surface area (Å²) in [7, 11) is 0. The number of hydrogen-bond donors (Lipinski definition) is 1. The maximum atomic E-state index is 12.5. The Labute approximate surface area is 147 Å². The molecule has 0 radical (unpaired) electrons. The first-order chi connectivity index (χ1) is 12.2. The van der Waals surface area contributed by atoms with Gasteiger partial charge in [0.15, 0.2) is 0 Å². The fourth-order valence-corrected chi connectivity index (χ4v) is 3.22. The molecule has 1 aromatic carbocycles. The first-order valence-corrected chi connectivity index (χ1v) is 8.69. The minimum atomic E-state index is -0.0723. The van der Waals surface area contributed by atoms with Crippen molar-refractivity contribution < 1.29 is 9.59 Å². The second-order valence-corrected chi connectivity index (χ2v) is 6.24. The summed E-state index contributed by atoms with van der Waals surface area (Å²) < 4.78 is 1.55. The summed E-state index contributed by atoms with van der Waals surface area (Å²) in [4.78, 5) is 30.4. The van der Waals surface area contributed by atoms with E-state index in [1.54, 1.807) is 23.1 Å². The molecule has 3 rings (SSSR count). The molecule has 1 aliphatic heterocycles. The molecule has 0 spiro atoms. The average molecular weight is 341 g/mol. The standard InChI is InChI=1S/C18H23N5O2/c24-17(12-22-14-19-13-21-22)23-11-5-4-8-16(23)9-10-20-18(25)15-6-2-1-3-7-15/h1-3,6-7,13-14,16H,4-5,8-12H2,(H,20,25)/t16-/m1/s1. The third-order valence-electron chi connectivity index (χ3n) is 4.51. The molecule has 0 saturated carbocycles. The Morgan fingerprint density at radius 2 is 2.04 bits per heavy atom. The number of likely N-dealkylation sites (tertiary alicyclic amines) is 1. The van der Waals surface area contributed by atoms with Crippen LogP contribution < -0.4 is 5.32 Å². The third kappa shape index (κ3) is 4.65. The summed E-state index contributed by atoms with van der Waals surface area (Å²) in [6, 6.07) is 9.34. The second kappa shape index (κ2) is 8.41. The number of nitrogens with zero attached hydrogens (tertiary/aromatic N) is 4. The van der Waals surface area contributed by atoms with Gasteiger partial charge in [-0.1, -0.05) is 18.2 Å². The fraction of sp³-hybridized carbons (Fsp3) is 0.444. The van der Waals surface area contributed by atoms with E-state index in [9.17, 15) is 9.59 Å². The highest BCUT2D eigenvalue weighted by Crippen LogP contribution is 2.20. The lowest BCUT2D eigenvalue weighted by Gasteiger charge is -2.36. The minimum Gasteiger partial charge on any atom is -0.352 e. The predicted octanol–water partition coefficient (Wildman–Crippen LogP) is 1.48. The summed E-state index contributed by atoms with van der Waals surface area (Å²) in [6.45, 7) is 1.54. The third-order valence-corrected chi connectivity index (χ3v) is 4.51. The van der Waals surface area contributed by atoms with Gasteiger partial charge in [0, 0.05) is 24.7 Å². The molecular weight excluding hydrogens is 318 g/mol. The van der Waals surface area contributed by atoms with Crippen molar-refractivity contribution in [3.63, 3.8) is 0 Å². The normalized spacial score (nSPS) is 17.3. The van der Waals surface area contributed by atoms with Gasteiger partial charge < -0.3 is 10.2 Å². The quantitative estimate of drug-likeness (QED) is 0.863. The minimum absolute atomic E-state index is 0.0598. The van der Waals surface area contributed by atoms with Gasteiger partial charge in [0.25, 0.3) is 5.91 Å². The number of benzene rings is 1. The van der Waals surface area contributed by atoms with Gasteiger partial charge in [-0.25, -0.2) is 9.67 Å². The molecule has 1 aliphatic rings. The first kappa shape index (κ1) is 17.1. The highest BCUT2D eigenvalue weighted by molar-refractivity contribution is 5.94. The predicted molar refractivity (Wildman–Crippen MR) is 92.8 cm³/mol. The van der Waals surface area contributed by atoms with E-state index in [0.29, 0.717) is 12.1 Å². The summed E-state index contributed by atoms with van der Waals surface area (Å²) in [5.74, 6) is -0.0125. The van der Waals surface area contributed by atoms with E-state index in [1.165, 1.54) is 6.33 Å². The van der Waals surface area contributed by atoms with Crippen LogP contribution in [-0.2, 0) is 11.3 Å². The highest BCUT2D eigenvalue weighted by Gasteiger charge is 2.26. The smallest absolute Gasteiger partial charge is 0.251 e. The Bertz CT molecular complexity index is 687. The van der Waals surface area contributed by atoms with Gasteiger partial charge in [0.1, 0.15) is 19.2 Å². The summed E-state index contributed by atoms with van der Waals surface area (Å²) in [6.07, 6.45) is 6.86. The molecule has 7 nitrogen and oxygen atoms in total. The van der Waals surface area contributed by atoms with E-state index in [1.807, 2.05) is 23.1 Å². The van der Waals surface area contributed by atoms with E-state index >= 15 is 0 Å². The lowest BCUT2D eigenvalue weighted by molar-refractivity contribution is -0.135. The zero-order chi connectivity index (χ0) is 17.5. The zero-order valence-corrected chi connectivity index (χ0v) is 14.2. The van der Waals surface area contributed by atoms with Crippen molar-refractivity contribution in [2.75, 3.05) is 13.1 Å². The lowest BCUT2D eigenvalue weighted by Crippen LogP contribution is -2.46. The molecule has 2 heterocycles. The number of carbonyl (C=O) groups is 2. The molecule has 0 unspecified atom stereocenters. The van der Waals surface area contributed by atoms with Gasteiger partial charge in [0.05, 0.1) is 0 Å². The van der Waals surface area contributed by atoms with E-state index < -0.39 is 0 Å². The van der Waals surface area contributed by atoms with Crippen LogP contribution in [0, 0.1) is 0 Å². The van der Waals surface area contributed by atoms with Crippen LogP contribution in [0.15, 0.2) is 43.0 Å². The van der Waals surface area contributed by atoms with Crippen molar-refractivity contribution in [1.82, 2.24) is 25.0 Å². The molecule has 2 amide bonds. The molecule has 2 aromatic rings. The fourth-order valence-electron chi connectivity index (χ4n) is 3.22. The molecule has 25 heavy (non-hydrogen) atoms. The molecule has 1 atom stereocenters. The highest BCUT2D eigenvalue weighted by atomic mass is 16.2. The molecule has 1 N–H and O–H groups in total. The van der Waals surface area contributed by atoms with E-state index in [0.717, 1.165) is 32.2 Å². The molecular formula is C18H23N5O2. The van der Waals surface area contributed by atoms with Crippen molar-refractivity contribution in [1.29, 1.82) is 0 Å². The van der Waals surface area contributed by atoms with Crippen molar-refractivity contribution >= 4 is 11.8 Å². The van der Waals surface area contributed by atoms with Crippen LogP contribution in [0.2, 0.25) is 0 Å². The van der Waals surface area contributed by atoms with E-state index in [-0.39, 0.29) is 24.4 Å². The monoisotopic (exact) mass is 341 g/mol. The van der Waals surface area contributed by atoms with Crippen LogP contribution in [0.4, 0.5) is 0 Å². The molecule has 0 aliphatic carbocycles. The Morgan fingerprint density at radius 1 is 1.20 bits per heavy atom. The molecule has 1 saturated heterocycles. The van der Waals surface area contributed by atoms with Crippen LogP contribution in [0.1, 0.15) is 36.0 Å². The number of amides is 2. The number of nitrogens with one attached hydrogen (secondary N) is 1. The van der Waals surface area contributed by atoms with Crippen LogP contribution in [0.5, 0.6) is 0 Å². The van der Waals surface area contributed by atoms with E-state index in [2.05, 4.69) is 15.4 Å². The van der Waals surface area contributed by atoms with Gasteiger partial charge in [-0.05, 0) is 37.8 Å². The van der Waals surface area contributed by atoms with Gasteiger partial charge >= 0.3 is 0 Å². The lowest BCUT2D eigenvalue weighted by atomic mass is 9.99. The Balaban J connectivity index is 1.51. The number of hydrogen-bond acceptors (Lipinski definition) is 4. The Morgan fingerprint density at radius 3 is 2.80 bits per heavy atom. The number of piperidine rings is 1. The van der Waals surface area contributed by atoms with Gasteiger partial charge in [-0.3, -0.25) is 9.59 Å². The van der Waals surface area contributed by atoms with Gasteiger partial charge in [-0.2, -0.15) is 5.10 Å². The average Bonchev–Trinajstić information content (AvgIpc) is 3.15. The molecule has 1 fully saturated rings. The van der Waals surface area contributed by atoms with Crippen molar-refractivity contribution in [3.05, 3.63) is 48.5 Å². The molecule has 1 aromatic heterocycles. The molecule has 7 heteroatoms. The topological polar surface area (TPSA) is 80.1 Å². The van der Waals surface area contributed by atoms with E-state index in [4.69, 9.17) is 0 Å². The van der Waals surface area contributed by atoms with Crippen LogP contribution >= 0.6 is 0 Å². The Hall–Kier alpha value is -2.70. The molecule has 0 bridgehead atoms. The van der Waals surface area contributed by atoms with Crippen molar-refractivity contribution in [2.45, 2.75) is 38.3 Å². The number of carbonyl (C=O) groups excluding carboxylic acids is 2. The largest absolute Gasteiger partial charge is 0.352 e. The summed E-state index contributed by atoms with van der Waals surface area (Å²) >= 11 is 0. The summed E-state index contributed by atoms with van der Waals surface area (Å²) in [5, 5.41) is 6.94. The number of rotatable bonds is 6. The van der Waals surface area contributed by atoms with Crippen LogP contribution in [-0.4, -0.2) is 50.6 Å². The van der Waals surface area contributed by atoms with Gasteiger partial charge in [0.2, 0.25) is 5.91 Å². The van der Waals surface area contributed by atoms with Crippen LogP contribution in [0.3, 0.4) is 0 Å². The maximum absolute atomic E-state index is 12.5. The first-order valence-electron chi connectivity index (χ1n) is 8.69. The second-order valence-electron chi connectivity index (χ2n) is 6.24. The van der Waals surface area contributed by atoms with Gasteiger partial charge in [-0.15, -0.1) is 0 Å². The SMILES string of the molecule is O=C(NCC[C@H]1CCCCN1C(=O)Cn1cncn1)c1ccccc1. The maximum Gasteiger partial charge on any atom is 0.251 e. The summed E-state index contributed by atoms with van der Waals surface area (Å²) in [5.41, 5.74) is 0.658.